The number of nitrogens with one attached hydrogen (secondary N) is 2. The van der Waals surface area contributed by atoms with Crippen molar-refractivity contribution in [2.45, 2.75) is 31.7 Å². The molecule has 0 atom stereocenters. The summed E-state index contributed by atoms with van der Waals surface area (Å²) >= 11 is 0. The van der Waals surface area contributed by atoms with Crippen LogP contribution in [0.3, 0.4) is 0 Å². The molecule has 1 saturated carbocycles. The highest BCUT2D eigenvalue weighted by Gasteiger charge is 2.27. The Balaban J connectivity index is 1.66. The Morgan fingerprint density at radius 3 is 2.20 bits per heavy atom. The first-order valence-corrected chi connectivity index (χ1v) is 7.28. The van der Waals surface area contributed by atoms with Gasteiger partial charge < -0.3 is 15.3 Å². The van der Waals surface area contributed by atoms with Crippen molar-refractivity contribution in [2.24, 2.45) is 5.92 Å². The number of carboxylic acid groups (broad SMARTS) is 1. The first-order valence-electron chi connectivity index (χ1n) is 7.28. The van der Waals surface area contributed by atoms with Crippen LogP contribution in [0.1, 0.15) is 25.7 Å². The lowest BCUT2D eigenvalue weighted by Gasteiger charge is -2.33. The minimum Gasteiger partial charge on any atom is -0.481 e. The lowest BCUT2D eigenvalue weighted by Crippen LogP contribution is -2.56. The second-order valence-corrected chi connectivity index (χ2v) is 5.76. The van der Waals surface area contributed by atoms with Crippen molar-refractivity contribution in [3.63, 3.8) is 0 Å². The minimum absolute atomic E-state index is 0.0954. The summed E-state index contributed by atoms with van der Waals surface area (Å²) in [5.41, 5.74) is 2.86. The predicted octanol–water partition coefficient (Wildman–Crippen LogP) is 0.0914. The smallest absolute Gasteiger partial charge is 0.329 e. The van der Waals surface area contributed by atoms with Gasteiger partial charge >= 0.3 is 12.0 Å². The molecule has 1 aliphatic carbocycles. The maximum atomic E-state index is 11.9. The van der Waals surface area contributed by atoms with Gasteiger partial charge in [-0.3, -0.25) is 10.2 Å². The zero-order chi connectivity index (χ0) is 14.5. The fraction of sp³-hybridized carbons (Fsp3) is 0.846. The van der Waals surface area contributed by atoms with Gasteiger partial charge in [0.2, 0.25) is 0 Å². The van der Waals surface area contributed by atoms with Gasteiger partial charge in [0.05, 0.1) is 5.92 Å². The monoisotopic (exact) mass is 284 g/mol. The molecule has 20 heavy (non-hydrogen) atoms. The molecule has 3 N–H and O–H groups in total. The molecule has 1 aliphatic heterocycles. The van der Waals surface area contributed by atoms with E-state index in [1.807, 2.05) is 5.01 Å². The van der Waals surface area contributed by atoms with Crippen molar-refractivity contribution >= 4 is 12.0 Å². The minimum atomic E-state index is -0.717. The van der Waals surface area contributed by atoms with Gasteiger partial charge in [0.15, 0.2) is 0 Å². The van der Waals surface area contributed by atoms with E-state index in [1.165, 1.54) is 0 Å². The summed E-state index contributed by atoms with van der Waals surface area (Å²) < 4.78 is 0. The van der Waals surface area contributed by atoms with Crippen molar-refractivity contribution in [3.05, 3.63) is 0 Å². The summed E-state index contributed by atoms with van der Waals surface area (Å²) in [7, 11) is 2.07. The van der Waals surface area contributed by atoms with E-state index in [0.717, 1.165) is 39.0 Å². The van der Waals surface area contributed by atoms with Crippen LogP contribution in [-0.2, 0) is 4.79 Å². The molecule has 0 unspecified atom stereocenters. The van der Waals surface area contributed by atoms with Crippen LogP contribution in [0, 0.1) is 5.92 Å². The molecule has 1 heterocycles. The van der Waals surface area contributed by atoms with Crippen molar-refractivity contribution in [1.82, 2.24) is 20.7 Å². The maximum absolute atomic E-state index is 11.9. The molecule has 0 aromatic heterocycles. The Bertz CT molecular complexity index is 348. The number of nitrogens with zero attached hydrogens (tertiary/aromatic N) is 2. The maximum Gasteiger partial charge on any atom is 0.329 e. The molecular weight excluding hydrogens is 260 g/mol. The molecule has 0 bridgehead atoms. The average molecular weight is 284 g/mol. The highest BCUT2D eigenvalue weighted by atomic mass is 16.4. The van der Waals surface area contributed by atoms with Gasteiger partial charge in [0, 0.05) is 32.2 Å². The number of aliphatic carboxylic acids is 1. The number of amides is 2. The Hall–Kier alpha value is -1.34. The molecule has 7 nitrogen and oxygen atoms in total. The molecule has 1 saturated heterocycles. The Labute approximate surface area is 119 Å². The lowest BCUT2D eigenvalue weighted by molar-refractivity contribution is -0.142. The van der Waals surface area contributed by atoms with Crippen molar-refractivity contribution in [3.8, 4) is 0 Å². The van der Waals surface area contributed by atoms with E-state index in [0.29, 0.717) is 12.8 Å². The summed E-state index contributed by atoms with van der Waals surface area (Å²) in [5.74, 6) is -0.959. The van der Waals surface area contributed by atoms with Crippen molar-refractivity contribution < 1.29 is 14.7 Å². The number of carbonyl (C=O) groups is 2. The molecule has 7 heteroatoms. The summed E-state index contributed by atoms with van der Waals surface area (Å²) in [6.45, 7) is 3.55. The molecule has 114 valence electrons. The topological polar surface area (TPSA) is 84.9 Å². The van der Waals surface area contributed by atoms with E-state index in [4.69, 9.17) is 5.11 Å². The molecular formula is C13H24N4O3. The van der Waals surface area contributed by atoms with Crippen molar-refractivity contribution in [2.75, 3.05) is 33.2 Å². The second-order valence-electron chi connectivity index (χ2n) is 5.76. The van der Waals surface area contributed by atoms with Gasteiger partial charge in [-0.2, -0.15) is 0 Å². The average Bonchev–Trinajstić information content (AvgIpc) is 2.42. The van der Waals surface area contributed by atoms with Gasteiger partial charge in [-0.05, 0) is 32.7 Å². The zero-order valence-electron chi connectivity index (χ0n) is 12.0. The van der Waals surface area contributed by atoms with Gasteiger partial charge in [0.1, 0.15) is 0 Å². The van der Waals surface area contributed by atoms with E-state index in [-0.39, 0.29) is 18.0 Å². The van der Waals surface area contributed by atoms with Crippen LogP contribution < -0.4 is 10.7 Å². The number of hydrogen-bond donors (Lipinski definition) is 3. The van der Waals surface area contributed by atoms with Gasteiger partial charge in [0.25, 0.3) is 0 Å². The number of hydrogen-bond acceptors (Lipinski definition) is 4. The normalized spacial score (nSPS) is 28.9. The highest BCUT2D eigenvalue weighted by Crippen LogP contribution is 2.24. The number of carbonyl (C=O) groups excluding carboxylic acids is 1. The third kappa shape index (κ3) is 4.35. The van der Waals surface area contributed by atoms with Crippen molar-refractivity contribution in [1.29, 1.82) is 0 Å². The summed E-state index contributed by atoms with van der Waals surface area (Å²) in [5, 5.41) is 13.8. The van der Waals surface area contributed by atoms with Gasteiger partial charge in [-0.1, -0.05) is 0 Å². The largest absolute Gasteiger partial charge is 0.481 e. The Morgan fingerprint density at radius 2 is 1.65 bits per heavy atom. The number of carboxylic acids is 1. The summed E-state index contributed by atoms with van der Waals surface area (Å²) in [4.78, 5) is 25.0. The second kappa shape index (κ2) is 6.90. The quantitative estimate of drug-likeness (QED) is 0.684. The van der Waals surface area contributed by atoms with Crippen LogP contribution in [-0.4, -0.2) is 66.3 Å². The Morgan fingerprint density at radius 1 is 1.05 bits per heavy atom. The van der Waals surface area contributed by atoms with E-state index in [1.54, 1.807) is 0 Å². The molecule has 0 aromatic rings. The van der Waals surface area contributed by atoms with Gasteiger partial charge in [-0.25, -0.2) is 9.80 Å². The third-order valence-corrected chi connectivity index (χ3v) is 4.17. The number of likely N-dealkylation sites (N-methyl/N-ethyl adjacent to an activating group) is 1. The van der Waals surface area contributed by atoms with Gasteiger partial charge in [-0.15, -0.1) is 0 Å². The van der Waals surface area contributed by atoms with Crippen LogP contribution in [0.5, 0.6) is 0 Å². The molecule has 2 aliphatic rings. The zero-order valence-corrected chi connectivity index (χ0v) is 12.0. The fourth-order valence-electron chi connectivity index (χ4n) is 2.76. The SMILES string of the molecule is CN1CCN(NC(=O)NC2CCC(C(=O)O)CC2)CC1. The van der Waals surface area contributed by atoms with E-state index in [2.05, 4.69) is 22.7 Å². The molecule has 2 rings (SSSR count). The van der Waals surface area contributed by atoms with E-state index in [9.17, 15) is 9.59 Å². The molecule has 0 aromatic carbocycles. The lowest BCUT2D eigenvalue weighted by atomic mass is 9.86. The van der Waals surface area contributed by atoms with Crippen LogP contribution in [0.4, 0.5) is 4.79 Å². The summed E-state index contributed by atoms with van der Waals surface area (Å²) in [6, 6.07) is -0.0774. The van der Waals surface area contributed by atoms with E-state index >= 15 is 0 Å². The molecule has 2 fully saturated rings. The van der Waals surface area contributed by atoms with Crippen LogP contribution in [0.15, 0.2) is 0 Å². The first-order chi connectivity index (χ1) is 9.54. The van der Waals surface area contributed by atoms with Crippen LogP contribution in [0.25, 0.3) is 0 Å². The number of urea groups is 1. The number of hydrazine groups is 1. The molecule has 0 spiro atoms. The van der Waals surface area contributed by atoms with Crippen LogP contribution >= 0.6 is 0 Å². The Kier molecular flexibility index (Phi) is 5.19. The highest BCUT2D eigenvalue weighted by molar-refractivity contribution is 5.74. The molecule has 0 radical (unpaired) electrons. The third-order valence-electron chi connectivity index (χ3n) is 4.17. The fourth-order valence-corrected chi connectivity index (χ4v) is 2.76. The van der Waals surface area contributed by atoms with Crippen LogP contribution in [0.2, 0.25) is 0 Å². The molecule has 2 amide bonds. The van der Waals surface area contributed by atoms with E-state index < -0.39 is 5.97 Å². The summed E-state index contributed by atoms with van der Waals surface area (Å²) in [6.07, 6.45) is 2.78. The number of rotatable bonds is 3. The first kappa shape index (κ1) is 15.1. The number of piperazine rings is 1. The standard InChI is InChI=1S/C13H24N4O3/c1-16-6-8-17(9-7-16)15-13(20)14-11-4-2-10(3-5-11)12(18)19/h10-11H,2-9H2,1H3,(H,18,19)(H2,14,15,20). The predicted molar refractivity (Wildman–Crippen MR) is 74.1 cm³/mol.